The number of hydrogen-bond acceptors (Lipinski definition) is 8. The van der Waals surface area contributed by atoms with Crippen LogP contribution in [-0.2, 0) is 32.7 Å². The van der Waals surface area contributed by atoms with Gasteiger partial charge in [-0.15, -0.1) is 0 Å². The highest BCUT2D eigenvalue weighted by Crippen LogP contribution is 2.43. The van der Waals surface area contributed by atoms with E-state index in [0.717, 1.165) is 57.8 Å². The molecule has 0 saturated carbocycles. The van der Waals surface area contributed by atoms with Crippen LogP contribution in [0.25, 0.3) is 0 Å². The third kappa shape index (κ3) is 38.8. The Bertz CT molecular complexity index is 1050. The molecule has 11 nitrogen and oxygen atoms in total. The van der Waals surface area contributed by atoms with Crippen LogP contribution in [-0.4, -0.2) is 64.9 Å². The minimum Gasteiger partial charge on any atom is -0.480 e. The van der Waals surface area contributed by atoms with Gasteiger partial charge in [-0.3, -0.25) is 18.6 Å². The summed E-state index contributed by atoms with van der Waals surface area (Å²) in [5.41, 5.74) is 0. The van der Waals surface area contributed by atoms with Crippen molar-refractivity contribution in [2.45, 2.75) is 219 Å². The van der Waals surface area contributed by atoms with E-state index in [2.05, 4.69) is 43.5 Å². The standard InChI is InChI=1S/C44H82NO10P/c1-3-5-7-9-11-13-15-17-18-19-20-21-22-24-25-27-29-31-33-35-42(47)45-41(44(49)50)39-55-56(51,52)54-38-40(46)37-53-43(48)36-34-32-30-28-26-23-16-14-12-10-8-6-4-2/h14,16-18,40-41,46H,3-13,15,19-39H2,1-2H3,(H,45,47)(H,49,50)(H,51,52)/b16-14-,18-17+. The quantitative estimate of drug-likeness (QED) is 0.0201. The zero-order chi connectivity index (χ0) is 41.4. The highest BCUT2D eigenvalue weighted by atomic mass is 31.2. The zero-order valence-electron chi connectivity index (χ0n) is 35.4. The lowest BCUT2D eigenvalue weighted by molar-refractivity contribution is -0.147. The van der Waals surface area contributed by atoms with E-state index >= 15 is 0 Å². The van der Waals surface area contributed by atoms with Crippen molar-refractivity contribution in [1.29, 1.82) is 0 Å². The molecule has 0 aromatic heterocycles. The van der Waals surface area contributed by atoms with Crippen molar-refractivity contribution in [3.63, 3.8) is 0 Å². The molecule has 0 aromatic carbocycles. The number of allylic oxidation sites excluding steroid dienone is 4. The van der Waals surface area contributed by atoms with Gasteiger partial charge in [-0.25, -0.2) is 9.36 Å². The molecular weight excluding hydrogens is 733 g/mol. The molecule has 0 bridgehead atoms. The van der Waals surface area contributed by atoms with Crippen LogP contribution < -0.4 is 5.32 Å². The number of ether oxygens (including phenoxy) is 1. The molecular formula is C44H82NO10P. The van der Waals surface area contributed by atoms with Gasteiger partial charge in [0.1, 0.15) is 12.7 Å². The number of hydrogen-bond donors (Lipinski definition) is 4. The molecule has 3 atom stereocenters. The maximum absolute atomic E-state index is 12.3. The van der Waals surface area contributed by atoms with Crippen LogP contribution in [0.5, 0.6) is 0 Å². The van der Waals surface area contributed by atoms with Gasteiger partial charge in [0.25, 0.3) is 0 Å². The topological polar surface area (TPSA) is 169 Å². The minimum atomic E-state index is -4.75. The molecule has 3 unspecified atom stereocenters. The van der Waals surface area contributed by atoms with Crippen LogP contribution in [0.4, 0.5) is 0 Å². The molecule has 0 spiro atoms. The highest BCUT2D eigenvalue weighted by molar-refractivity contribution is 7.47. The number of esters is 1. The van der Waals surface area contributed by atoms with Gasteiger partial charge in [0.05, 0.1) is 13.2 Å². The van der Waals surface area contributed by atoms with Gasteiger partial charge in [0.15, 0.2) is 6.04 Å². The molecule has 4 N–H and O–H groups in total. The van der Waals surface area contributed by atoms with Crippen LogP contribution >= 0.6 is 7.82 Å². The minimum absolute atomic E-state index is 0.144. The molecule has 0 saturated heterocycles. The van der Waals surface area contributed by atoms with Gasteiger partial charge in [0, 0.05) is 12.8 Å². The molecule has 328 valence electrons. The Balaban J connectivity index is 3.89. The number of phosphoric ester groups is 1. The second-order valence-corrected chi connectivity index (χ2v) is 16.7. The Morgan fingerprint density at radius 3 is 1.38 bits per heavy atom. The summed E-state index contributed by atoms with van der Waals surface area (Å²) in [6.45, 7) is 2.57. The van der Waals surface area contributed by atoms with Crippen LogP contribution in [0, 0.1) is 0 Å². The summed E-state index contributed by atoms with van der Waals surface area (Å²) in [5.74, 6) is -2.38. The Morgan fingerprint density at radius 1 is 0.554 bits per heavy atom. The van der Waals surface area contributed by atoms with Gasteiger partial charge in [-0.2, -0.15) is 0 Å². The molecule has 0 aliphatic rings. The smallest absolute Gasteiger partial charge is 0.472 e. The van der Waals surface area contributed by atoms with Crippen molar-refractivity contribution < 1.29 is 47.8 Å². The van der Waals surface area contributed by atoms with Crippen molar-refractivity contribution in [2.24, 2.45) is 0 Å². The average molecular weight is 816 g/mol. The Hall–Kier alpha value is -2.04. The first-order valence-electron chi connectivity index (χ1n) is 22.4. The van der Waals surface area contributed by atoms with Crippen LogP contribution in [0.3, 0.4) is 0 Å². The molecule has 56 heavy (non-hydrogen) atoms. The van der Waals surface area contributed by atoms with Crippen molar-refractivity contribution in [3.05, 3.63) is 24.3 Å². The number of rotatable bonds is 42. The third-order valence-electron chi connectivity index (χ3n) is 9.71. The number of carbonyl (C=O) groups excluding carboxylic acids is 2. The molecule has 0 fully saturated rings. The van der Waals surface area contributed by atoms with Crippen LogP contribution in [0.2, 0.25) is 0 Å². The summed E-state index contributed by atoms with van der Waals surface area (Å²) in [7, 11) is -4.75. The average Bonchev–Trinajstić information content (AvgIpc) is 3.17. The van der Waals surface area contributed by atoms with E-state index in [9.17, 15) is 34.1 Å². The van der Waals surface area contributed by atoms with Gasteiger partial charge >= 0.3 is 19.8 Å². The van der Waals surface area contributed by atoms with Gasteiger partial charge in [0.2, 0.25) is 5.91 Å². The lowest BCUT2D eigenvalue weighted by Crippen LogP contribution is -2.43. The third-order valence-corrected chi connectivity index (χ3v) is 10.7. The predicted octanol–water partition coefficient (Wildman–Crippen LogP) is 11.4. The Kier molecular flexibility index (Phi) is 38.3. The molecule has 1 amide bonds. The van der Waals surface area contributed by atoms with Crippen LogP contribution in [0.15, 0.2) is 24.3 Å². The number of carboxylic acids is 1. The number of unbranched alkanes of at least 4 members (excludes halogenated alkanes) is 24. The summed E-state index contributed by atoms with van der Waals surface area (Å²) in [4.78, 5) is 45.9. The predicted molar refractivity (Wildman–Crippen MR) is 226 cm³/mol. The summed E-state index contributed by atoms with van der Waals surface area (Å²) in [6.07, 6.45) is 40.5. The first-order valence-corrected chi connectivity index (χ1v) is 23.9. The number of aliphatic carboxylic acids is 1. The van der Waals surface area contributed by atoms with Crippen LogP contribution in [0.1, 0.15) is 206 Å². The number of aliphatic hydroxyl groups excluding tert-OH is 1. The fourth-order valence-electron chi connectivity index (χ4n) is 6.19. The Labute approximate surface area is 340 Å². The first-order chi connectivity index (χ1) is 27.1. The van der Waals surface area contributed by atoms with Crippen molar-refractivity contribution in [3.8, 4) is 0 Å². The van der Waals surface area contributed by atoms with Crippen molar-refractivity contribution in [2.75, 3.05) is 19.8 Å². The highest BCUT2D eigenvalue weighted by Gasteiger charge is 2.28. The largest absolute Gasteiger partial charge is 0.480 e. The van der Waals surface area contributed by atoms with E-state index < -0.39 is 57.6 Å². The summed E-state index contributed by atoms with van der Waals surface area (Å²) in [6, 6.07) is -1.55. The van der Waals surface area contributed by atoms with Gasteiger partial charge in [-0.1, -0.05) is 154 Å². The van der Waals surface area contributed by atoms with E-state index in [0.29, 0.717) is 12.8 Å². The normalized spacial score (nSPS) is 13.9. The number of nitrogens with one attached hydrogen (secondary N) is 1. The fourth-order valence-corrected chi connectivity index (χ4v) is 6.96. The number of carboxylic acid groups (broad SMARTS) is 1. The second kappa shape index (κ2) is 39.8. The number of carbonyl (C=O) groups is 3. The number of phosphoric acid groups is 1. The molecule has 0 aromatic rings. The SMILES string of the molecule is CCCCCC/C=C\CCCCCCCC(=O)OCC(O)COP(=O)(O)OCC(NC(=O)CCCCCCCCCCC/C=C/CCCCCCCC)C(=O)O. The Morgan fingerprint density at radius 2 is 0.929 bits per heavy atom. The lowest BCUT2D eigenvalue weighted by Gasteiger charge is -2.18. The summed E-state index contributed by atoms with van der Waals surface area (Å²) < 4.78 is 26.8. The first kappa shape index (κ1) is 54.0. The number of aliphatic hydroxyl groups is 1. The monoisotopic (exact) mass is 816 g/mol. The molecule has 0 aliphatic carbocycles. The summed E-state index contributed by atoms with van der Waals surface area (Å²) in [5, 5.41) is 21.8. The second-order valence-electron chi connectivity index (χ2n) is 15.2. The molecule has 0 radical (unpaired) electrons. The van der Waals surface area contributed by atoms with Gasteiger partial charge in [-0.05, 0) is 64.2 Å². The maximum atomic E-state index is 12.3. The van der Waals surface area contributed by atoms with Gasteiger partial charge < -0.3 is 25.2 Å². The van der Waals surface area contributed by atoms with E-state index in [-0.39, 0.29) is 12.8 Å². The molecule has 0 heterocycles. The zero-order valence-corrected chi connectivity index (χ0v) is 36.3. The van der Waals surface area contributed by atoms with E-state index in [1.54, 1.807) is 0 Å². The molecule has 0 rings (SSSR count). The van der Waals surface area contributed by atoms with E-state index in [1.165, 1.54) is 109 Å². The van der Waals surface area contributed by atoms with Crippen molar-refractivity contribution in [1.82, 2.24) is 5.32 Å². The number of amides is 1. The van der Waals surface area contributed by atoms with E-state index in [1.807, 2.05) is 0 Å². The summed E-state index contributed by atoms with van der Waals surface area (Å²) >= 11 is 0. The molecule has 12 heteroatoms. The maximum Gasteiger partial charge on any atom is 0.472 e. The molecule has 0 aliphatic heterocycles. The van der Waals surface area contributed by atoms with Crippen molar-refractivity contribution >= 4 is 25.7 Å². The van der Waals surface area contributed by atoms with E-state index in [4.69, 9.17) is 13.8 Å². The fraction of sp³-hybridized carbons (Fsp3) is 0.841. The lowest BCUT2D eigenvalue weighted by atomic mass is 10.1.